The molecule has 0 fully saturated rings. The van der Waals surface area contributed by atoms with Crippen molar-refractivity contribution in [1.29, 1.82) is 0 Å². The van der Waals surface area contributed by atoms with Crippen molar-refractivity contribution in [3.63, 3.8) is 0 Å². The first kappa shape index (κ1) is 14.4. The van der Waals surface area contributed by atoms with Gasteiger partial charge in [0.25, 0.3) is 0 Å². The quantitative estimate of drug-likeness (QED) is 0.812. The topological polar surface area (TPSA) is 20.3 Å². The molecule has 0 heterocycles. The molecule has 0 N–H and O–H groups in total. The number of fused-ring (bicyclic) bond motifs is 3. The van der Waals surface area contributed by atoms with Crippen LogP contribution >= 0.6 is 0 Å². The van der Waals surface area contributed by atoms with Crippen molar-refractivity contribution in [2.75, 3.05) is 19.0 Å². The van der Waals surface area contributed by atoms with Crippen LogP contribution in [0.15, 0.2) is 17.7 Å². The van der Waals surface area contributed by atoms with E-state index in [1.165, 1.54) is 28.0 Å². The van der Waals surface area contributed by atoms with Crippen LogP contribution in [0, 0.1) is 12.3 Å². The molecular weight excluding hydrogens is 258 g/mol. The number of Topliss-reactive ketones (excluding diaryl/α,β-unsaturated/α-hetero) is 1. The number of ketones is 1. The van der Waals surface area contributed by atoms with Gasteiger partial charge in [-0.2, -0.15) is 0 Å². The van der Waals surface area contributed by atoms with Crippen molar-refractivity contribution >= 4 is 17.0 Å². The number of rotatable bonds is 2. The lowest BCUT2D eigenvalue weighted by molar-refractivity contribution is -0.116. The van der Waals surface area contributed by atoms with Gasteiger partial charge in [0.05, 0.1) is 0 Å². The molecule has 2 aliphatic carbocycles. The van der Waals surface area contributed by atoms with Crippen LogP contribution in [0.2, 0.25) is 0 Å². The molecule has 0 aliphatic heterocycles. The fourth-order valence-electron chi connectivity index (χ4n) is 4.31. The van der Waals surface area contributed by atoms with Crippen LogP contribution in [-0.2, 0) is 11.2 Å². The van der Waals surface area contributed by atoms with E-state index in [1.54, 1.807) is 0 Å². The predicted molar refractivity (Wildman–Crippen MR) is 88.8 cm³/mol. The summed E-state index contributed by atoms with van der Waals surface area (Å²) >= 11 is 0. The number of benzene rings is 1. The van der Waals surface area contributed by atoms with Crippen molar-refractivity contribution < 1.29 is 4.79 Å². The molecule has 21 heavy (non-hydrogen) atoms. The van der Waals surface area contributed by atoms with E-state index >= 15 is 0 Å². The lowest BCUT2D eigenvalue weighted by Crippen LogP contribution is -2.27. The van der Waals surface area contributed by atoms with E-state index in [0.29, 0.717) is 5.78 Å². The summed E-state index contributed by atoms with van der Waals surface area (Å²) in [7, 11) is 4.20. The number of nitrogens with zero attached hydrogens (tertiary/aromatic N) is 1. The zero-order valence-corrected chi connectivity index (χ0v) is 13.8. The molecule has 2 aliphatic rings. The number of carbonyl (C=O) groups is 1. The summed E-state index contributed by atoms with van der Waals surface area (Å²) < 4.78 is 0. The Balaban J connectivity index is 2.24. The molecule has 2 nitrogen and oxygen atoms in total. The largest absolute Gasteiger partial charge is 0.377 e. The number of aryl methyl sites for hydroxylation is 1. The van der Waals surface area contributed by atoms with Crippen LogP contribution in [0.25, 0.3) is 5.57 Å². The molecule has 0 amide bonds. The Morgan fingerprint density at radius 2 is 1.95 bits per heavy atom. The molecule has 0 spiro atoms. The lowest BCUT2D eigenvalue weighted by atomic mass is 9.68. The fraction of sp³-hybridized carbons (Fsp3) is 0.526. The molecule has 0 radical (unpaired) electrons. The maximum atomic E-state index is 12.2. The summed E-state index contributed by atoms with van der Waals surface area (Å²) in [6, 6.07) is 4.64. The van der Waals surface area contributed by atoms with Crippen molar-refractivity contribution in [2.45, 2.75) is 46.5 Å². The first-order chi connectivity index (χ1) is 9.89. The third-order valence-corrected chi connectivity index (χ3v) is 5.53. The standard InChI is InChI=1S/C19H25NO/c1-6-19-8-7-17(21)13(3)18(19)15-9-12(2)16(20(4)5)10-14(15)11-19/h9-10H,6-8,11H2,1-5H3. The highest BCUT2D eigenvalue weighted by atomic mass is 16.1. The molecule has 112 valence electrons. The Hall–Kier alpha value is -1.57. The average Bonchev–Trinajstić information content (AvgIpc) is 2.76. The number of anilines is 1. The Labute approximate surface area is 127 Å². The van der Waals surface area contributed by atoms with Crippen LogP contribution < -0.4 is 4.90 Å². The smallest absolute Gasteiger partial charge is 0.158 e. The molecule has 2 heteroatoms. The SMILES string of the molecule is CCC12CCC(=O)C(C)=C1c1cc(C)c(N(C)C)cc1C2. The number of carbonyl (C=O) groups excluding carboxylic acids is 1. The van der Waals surface area contributed by atoms with Crippen molar-refractivity contribution in [3.05, 3.63) is 34.4 Å². The second-order valence-electron chi connectivity index (χ2n) is 6.92. The average molecular weight is 283 g/mol. The summed E-state index contributed by atoms with van der Waals surface area (Å²) in [6.45, 7) is 6.47. The van der Waals surface area contributed by atoms with Crippen molar-refractivity contribution in [2.24, 2.45) is 5.41 Å². The first-order valence-corrected chi connectivity index (χ1v) is 7.95. The first-order valence-electron chi connectivity index (χ1n) is 7.95. The third-order valence-electron chi connectivity index (χ3n) is 5.53. The van der Waals surface area contributed by atoms with Gasteiger partial charge in [0.15, 0.2) is 5.78 Å². The molecule has 0 saturated heterocycles. The van der Waals surface area contributed by atoms with Crippen molar-refractivity contribution in [3.8, 4) is 0 Å². The van der Waals surface area contributed by atoms with E-state index in [9.17, 15) is 4.79 Å². The zero-order valence-electron chi connectivity index (χ0n) is 13.8. The Morgan fingerprint density at radius 1 is 1.24 bits per heavy atom. The second kappa shape index (κ2) is 4.72. The zero-order chi connectivity index (χ0) is 15.4. The van der Waals surface area contributed by atoms with Gasteiger partial charge in [-0.15, -0.1) is 0 Å². The van der Waals surface area contributed by atoms with Gasteiger partial charge in [-0.05, 0) is 73.1 Å². The van der Waals surface area contributed by atoms with Crippen LogP contribution in [0.1, 0.15) is 49.8 Å². The molecule has 1 aromatic rings. The predicted octanol–water partition coefficient (Wildman–Crippen LogP) is 4.15. The Morgan fingerprint density at radius 3 is 2.57 bits per heavy atom. The highest BCUT2D eigenvalue weighted by molar-refractivity contribution is 6.06. The highest BCUT2D eigenvalue weighted by Crippen LogP contribution is 2.56. The lowest BCUT2D eigenvalue weighted by Gasteiger charge is -2.34. The monoisotopic (exact) mass is 283 g/mol. The normalized spacial score (nSPS) is 24.1. The second-order valence-corrected chi connectivity index (χ2v) is 6.92. The third kappa shape index (κ3) is 1.96. The van der Waals surface area contributed by atoms with Crippen LogP contribution in [-0.4, -0.2) is 19.9 Å². The summed E-state index contributed by atoms with van der Waals surface area (Å²) in [5, 5.41) is 0. The van der Waals surface area contributed by atoms with Gasteiger partial charge in [0.1, 0.15) is 0 Å². The summed E-state index contributed by atoms with van der Waals surface area (Å²) in [5.41, 5.74) is 7.92. The van der Waals surface area contributed by atoms with E-state index < -0.39 is 0 Å². The number of hydrogen-bond acceptors (Lipinski definition) is 2. The molecular formula is C19H25NO. The molecule has 1 atom stereocenters. The minimum Gasteiger partial charge on any atom is -0.377 e. The highest BCUT2D eigenvalue weighted by Gasteiger charge is 2.45. The summed E-state index contributed by atoms with van der Waals surface area (Å²) in [4.78, 5) is 14.4. The molecule has 0 aromatic heterocycles. The van der Waals surface area contributed by atoms with Gasteiger partial charge >= 0.3 is 0 Å². The minimum absolute atomic E-state index is 0.206. The fourth-order valence-corrected chi connectivity index (χ4v) is 4.31. The minimum atomic E-state index is 0.206. The molecule has 0 bridgehead atoms. The van der Waals surface area contributed by atoms with Crippen LogP contribution in [0.3, 0.4) is 0 Å². The van der Waals surface area contributed by atoms with Gasteiger partial charge in [-0.1, -0.05) is 6.92 Å². The van der Waals surface area contributed by atoms with Gasteiger partial charge in [0.2, 0.25) is 0 Å². The molecule has 3 rings (SSSR count). The number of allylic oxidation sites excluding steroid dienone is 2. The molecule has 1 aromatic carbocycles. The van der Waals surface area contributed by atoms with Gasteiger partial charge in [0, 0.05) is 31.6 Å². The Kier molecular flexibility index (Phi) is 3.23. The van der Waals surface area contributed by atoms with Crippen LogP contribution in [0.4, 0.5) is 5.69 Å². The van der Waals surface area contributed by atoms with E-state index in [1.807, 2.05) is 6.92 Å². The number of hydrogen-bond donors (Lipinski definition) is 0. The van der Waals surface area contributed by atoms with Gasteiger partial charge < -0.3 is 4.90 Å². The van der Waals surface area contributed by atoms with E-state index in [2.05, 4.69) is 45.0 Å². The van der Waals surface area contributed by atoms with Gasteiger partial charge in [-0.3, -0.25) is 4.79 Å². The maximum absolute atomic E-state index is 12.2. The van der Waals surface area contributed by atoms with E-state index in [4.69, 9.17) is 0 Å². The van der Waals surface area contributed by atoms with E-state index in [0.717, 1.165) is 31.3 Å². The molecule has 1 unspecified atom stereocenters. The summed E-state index contributed by atoms with van der Waals surface area (Å²) in [6.07, 6.45) is 3.95. The van der Waals surface area contributed by atoms with Gasteiger partial charge in [-0.25, -0.2) is 0 Å². The molecule has 0 saturated carbocycles. The maximum Gasteiger partial charge on any atom is 0.158 e. The Bertz CT molecular complexity index is 654. The van der Waals surface area contributed by atoms with E-state index in [-0.39, 0.29) is 5.41 Å². The van der Waals surface area contributed by atoms with Crippen LogP contribution in [0.5, 0.6) is 0 Å². The van der Waals surface area contributed by atoms with Crippen molar-refractivity contribution in [1.82, 2.24) is 0 Å². The summed E-state index contributed by atoms with van der Waals surface area (Å²) in [5.74, 6) is 0.344.